The number of allylic oxidation sites excluding steroid dienone is 3. The van der Waals surface area contributed by atoms with Gasteiger partial charge in [0.05, 0.1) is 35.4 Å². The number of carbonyl (C=O) groups excluding carboxylic acids is 1. The van der Waals surface area contributed by atoms with Gasteiger partial charge in [-0.05, 0) is 51.6 Å². The summed E-state index contributed by atoms with van der Waals surface area (Å²) in [6.07, 6.45) is 13.0. The summed E-state index contributed by atoms with van der Waals surface area (Å²) in [7, 11) is 5.69. The van der Waals surface area contributed by atoms with E-state index >= 15 is 0 Å². The summed E-state index contributed by atoms with van der Waals surface area (Å²) < 4.78 is 5.69. The quantitative estimate of drug-likeness (QED) is 0.271. The fraction of sp³-hybridized carbons (Fsp3) is 0.333. The molecule has 188 valence electrons. The molecule has 2 heterocycles. The molecule has 1 atom stereocenters. The second-order valence-electron chi connectivity index (χ2n) is 7.84. The van der Waals surface area contributed by atoms with Gasteiger partial charge in [-0.2, -0.15) is 0 Å². The lowest BCUT2D eigenvalue weighted by atomic mass is 10.1. The van der Waals surface area contributed by atoms with Gasteiger partial charge in [-0.25, -0.2) is 9.97 Å². The number of anilines is 1. The van der Waals surface area contributed by atoms with Crippen LogP contribution < -0.4 is 21.7 Å². The Morgan fingerprint density at radius 2 is 2.20 bits per heavy atom. The summed E-state index contributed by atoms with van der Waals surface area (Å²) in [6, 6.07) is 0.362. The summed E-state index contributed by atoms with van der Waals surface area (Å²) in [5.74, 6) is 0.396. The number of rotatable bonds is 8. The largest absolute Gasteiger partial charge is 0.495 e. The molecule has 1 aromatic heterocycles. The molecule has 1 aliphatic heterocycles. The number of hydrogen-bond donors (Lipinski definition) is 5. The first-order valence-electron chi connectivity index (χ1n) is 11.0. The second-order valence-corrected chi connectivity index (χ2v) is 8.25. The van der Waals surface area contributed by atoms with E-state index in [0.717, 1.165) is 32.0 Å². The van der Waals surface area contributed by atoms with Crippen LogP contribution in [0.1, 0.15) is 25.0 Å². The molecule has 0 bridgehead atoms. The molecule has 1 aliphatic rings. The van der Waals surface area contributed by atoms with Crippen LogP contribution in [0.25, 0.3) is 5.57 Å². The molecule has 10 nitrogen and oxygen atoms in total. The van der Waals surface area contributed by atoms with Gasteiger partial charge in [0.15, 0.2) is 0 Å². The van der Waals surface area contributed by atoms with Crippen LogP contribution in [0.4, 0.5) is 5.95 Å². The number of nitrogens with two attached hydrogens (primary N) is 1. The van der Waals surface area contributed by atoms with Crippen LogP contribution in [0.3, 0.4) is 0 Å². The number of nitrogens with one attached hydrogen (secondary N) is 4. The second kappa shape index (κ2) is 13.9. The van der Waals surface area contributed by atoms with Crippen LogP contribution in [0.5, 0.6) is 0 Å². The van der Waals surface area contributed by atoms with Crippen molar-refractivity contribution in [3.05, 3.63) is 71.3 Å². The molecule has 6 N–H and O–H groups in total. The van der Waals surface area contributed by atoms with Gasteiger partial charge in [0.2, 0.25) is 11.9 Å². The zero-order valence-corrected chi connectivity index (χ0v) is 21.0. The van der Waals surface area contributed by atoms with E-state index in [9.17, 15) is 4.79 Å². The molecule has 0 aliphatic carbocycles. The monoisotopic (exact) mass is 500 g/mol. The molecule has 0 saturated heterocycles. The molecular formula is C24H33ClN8O2. The highest BCUT2D eigenvalue weighted by Gasteiger charge is 2.16. The van der Waals surface area contributed by atoms with Crippen molar-refractivity contribution in [2.75, 3.05) is 33.1 Å². The maximum Gasteiger partial charge on any atom is 0.247 e. The molecule has 2 rings (SSSR count). The Kier molecular flexibility index (Phi) is 11.0. The lowest BCUT2D eigenvalue weighted by Crippen LogP contribution is -2.31. The van der Waals surface area contributed by atoms with Gasteiger partial charge >= 0.3 is 0 Å². The third-order valence-electron chi connectivity index (χ3n) is 5.28. The SMILES string of the molecule is C=CC(=O)NC1=C\NCCC(N(C)C)CC\C=C(OC)/C(Nc2ncc(Cl)c(/C(C=N)=C/N)n2)=C\1. The molecule has 0 saturated carbocycles. The van der Waals surface area contributed by atoms with Gasteiger partial charge < -0.3 is 36.7 Å². The van der Waals surface area contributed by atoms with Gasteiger partial charge in [0.25, 0.3) is 0 Å². The van der Waals surface area contributed by atoms with E-state index in [0.29, 0.717) is 34.5 Å². The summed E-state index contributed by atoms with van der Waals surface area (Å²) in [6.45, 7) is 4.25. The van der Waals surface area contributed by atoms with E-state index in [1.165, 1.54) is 18.5 Å². The molecule has 35 heavy (non-hydrogen) atoms. The van der Waals surface area contributed by atoms with Crippen molar-refractivity contribution in [2.45, 2.75) is 25.3 Å². The van der Waals surface area contributed by atoms with Gasteiger partial charge in [-0.15, -0.1) is 0 Å². The zero-order valence-electron chi connectivity index (χ0n) is 20.3. The predicted octanol–water partition coefficient (Wildman–Crippen LogP) is 2.75. The Bertz CT molecular complexity index is 1050. The third kappa shape index (κ3) is 8.27. The summed E-state index contributed by atoms with van der Waals surface area (Å²) >= 11 is 6.22. The minimum Gasteiger partial charge on any atom is -0.495 e. The van der Waals surface area contributed by atoms with Crippen LogP contribution in [-0.2, 0) is 9.53 Å². The van der Waals surface area contributed by atoms with Crippen LogP contribution in [-0.4, -0.2) is 60.8 Å². The fourth-order valence-corrected chi connectivity index (χ4v) is 3.58. The lowest BCUT2D eigenvalue weighted by molar-refractivity contribution is -0.115. The average Bonchev–Trinajstić information content (AvgIpc) is 2.83. The average molecular weight is 501 g/mol. The summed E-state index contributed by atoms with van der Waals surface area (Å²) in [5, 5.41) is 17.0. The van der Waals surface area contributed by atoms with Crippen molar-refractivity contribution in [3.63, 3.8) is 0 Å². The molecule has 0 fully saturated rings. The number of amides is 1. The number of halogens is 1. The Morgan fingerprint density at radius 1 is 1.43 bits per heavy atom. The van der Waals surface area contributed by atoms with Crippen LogP contribution in [0.15, 0.2) is 60.6 Å². The Balaban J connectivity index is 2.54. The van der Waals surface area contributed by atoms with Crippen molar-refractivity contribution in [1.82, 2.24) is 25.5 Å². The zero-order chi connectivity index (χ0) is 25.8. The molecule has 1 amide bonds. The Labute approximate surface area is 211 Å². The number of hydrogen-bond acceptors (Lipinski definition) is 9. The highest BCUT2D eigenvalue weighted by atomic mass is 35.5. The maximum absolute atomic E-state index is 12.1. The van der Waals surface area contributed by atoms with Crippen molar-refractivity contribution < 1.29 is 9.53 Å². The standard InChI is InChI=1S/C24H33ClN8O2/c1-5-22(34)30-17-11-20(31-24-29-15-19(25)23(32-24)16(12-26)13-27)21(35-4)8-6-7-18(33(2)3)9-10-28-14-17/h5,8,11-15,18,26,28H,1,6-7,9-10,27H2,2-4H3,(H,30,34)(H,29,31,32)/b16-13+,17-14-,20-11+,21-8+,26-12?. The molecule has 1 aromatic rings. The van der Waals surface area contributed by atoms with Crippen LogP contribution in [0.2, 0.25) is 5.02 Å². The first kappa shape index (κ1) is 27.6. The topological polar surface area (TPSA) is 141 Å². The number of aromatic nitrogens is 2. The molecule has 0 aromatic carbocycles. The summed E-state index contributed by atoms with van der Waals surface area (Å²) in [5.41, 5.74) is 7.25. The van der Waals surface area contributed by atoms with E-state index in [1.807, 2.05) is 6.08 Å². The molecule has 11 heteroatoms. The smallest absolute Gasteiger partial charge is 0.247 e. The number of carbonyl (C=O) groups is 1. The van der Waals surface area contributed by atoms with Crippen LogP contribution in [0, 0.1) is 5.41 Å². The molecular weight excluding hydrogens is 468 g/mol. The predicted molar refractivity (Wildman–Crippen MR) is 141 cm³/mol. The van der Waals surface area contributed by atoms with E-state index < -0.39 is 0 Å². The fourth-order valence-electron chi connectivity index (χ4n) is 3.38. The minimum atomic E-state index is -0.358. The van der Waals surface area contributed by atoms with Crippen molar-refractivity contribution >= 4 is 35.2 Å². The molecule has 1 unspecified atom stereocenters. The number of methoxy groups -OCH3 is 1. The third-order valence-corrected chi connectivity index (χ3v) is 5.55. The van der Waals surface area contributed by atoms with Gasteiger partial charge in [0, 0.05) is 36.8 Å². The first-order valence-corrected chi connectivity index (χ1v) is 11.4. The van der Waals surface area contributed by atoms with Gasteiger partial charge in [-0.3, -0.25) is 4.79 Å². The highest BCUT2D eigenvalue weighted by Crippen LogP contribution is 2.23. The van der Waals surface area contributed by atoms with Crippen molar-refractivity contribution in [2.24, 2.45) is 5.73 Å². The van der Waals surface area contributed by atoms with Gasteiger partial charge in [-0.1, -0.05) is 18.2 Å². The maximum atomic E-state index is 12.1. The Morgan fingerprint density at radius 3 is 2.83 bits per heavy atom. The highest BCUT2D eigenvalue weighted by molar-refractivity contribution is 6.33. The Hall–Kier alpha value is -3.63. The van der Waals surface area contributed by atoms with Gasteiger partial charge in [0.1, 0.15) is 5.76 Å². The van der Waals surface area contributed by atoms with E-state index in [2.05, 4.69) is 51.5 Å². The number of nitrogens with zero attached hydrogens (tertiary/aromatic N) is 3. The van der Waals surface area contributed by atoms with E-state index in [4.69, 9.17) is 27.5 Å². The number of ether oxygens (including phenoxy) is 1. The minimum absolute atomic E-state index is 0.209. The van der Waals surface area contributed by atoms with E-state index in [-0.39, 0.29) is 16.9 Å². The van der Waals surface area contributed by atoms with Crippen molar-refractivity contribution in [1.29, 1.82) is 5.41 Å². The molecule has 0 spiro atoms. The molecule has 0 radical (unpaired) electrons. The normalized spacial score (nSPS) is 21.9. The van der Waals surface area contributed by atoms with Crippen LogP contribution >= 0.6 is 11.6 Å². The van der Waals surface area contributed by atoms with Crippen molar-refractivity contribution in [3.8, 4) is 0 Å². The first-order chi connectivity index (χ1) is 16.8. The lowest BCUT2D eigenvalue weighted by Gasteiger charge is -2.24. The summed E-state index contributed by atoms with van der Waals surface area (Å²) in [4.78, 5) is 22.9. The van der Waals surface area contributed by atoms with E-state index in [1.54, 1.807) is 19.4 Å².